The van der Waals surface area contributed by atoms with Crippen LogP contribution in [0.1, 0.15) is 32.1 Å². The molecule has 1 heterocycles. The molecule has 0 unspecified atom stereocenters. The van der Waals surface area contributed by atoms with Gasteiger partial charge in [-0.2, -0.15) is 0 Å². The van der Waals surface area contributed by atoms with Gasteiger partial charge in [-0.05, 0) is 38.6 Å². The zero-order chi connectivity index (χ0) is 13.0. The quantitative estimate of drug-likeness (QED) is 0.701. The standard InChI is InChI=1S/C14H25NO3/c1-15(10-12-4-8-18-9-5-12)11-14(6-3-7-14)13(16)17-2/h12H,3-11H2,1-2H3. The molecule has 0 amide bonds. The molecule has 104 valence electrons. The molecule has 2 fully saturated rings. The van der Waals surface area contributed by atoms with Crippen molar-refractivity contribution in [2.24, 2.45) is 11.3 Å². The molecule has 0 aromatic rings. The molecule has 0 aromatic carbocycles. The summed E-state index contributed by atoms with van der Waals surface area (Å²) < 4.78 is 10.3. The molecule has 1 aliphatic heterocycles. The van der Waals surface area contributed by atoms with Crippen molar-refractivity contribution >= 4 is 5.97 Å². The fraction of sp³-hybridized carbons (Fsp3) is 0.929. The van der Waals surface area contributed by atoms with E-state index >= 15 is 0 Å². The molecular formula is C14H25NO3. The van der Waals surface area contributed by atoms with Crippen LogP contribution in [0.25, 0.3) is 0 Å². The maximum absolute atomic E-state index is 11.9. The van der Waals surface area contributed by atoms with Crippen LogP contribution in [-0.4, -0.2) is 51.3 Å². The number of esters is 1. The highest BCUT2D eigenvalue weighted by atomic mass is 16.5. The fourth-order valence-electron chi connectivity index (χ4n) is 3.20. The summed E-state index contributed by atoms with van der Waals surface area (Å²) in [5, 5.41) is 0. The van der Waals surface area contributed by atoms with Gasteiger partial charge in [-0.1, -0.05) is 6.42 Å². The Morgan fingerprint density at radius 3 is 2.56 bits per heavy atom. The first-order valence-electron chi connectivity index (χ1n) is 7.01. The molecule has 1 saturated heterocycles. The van der Waals surface area contributed by atoms with Crippen LogP contribution in [0.5, 0.6) is 0 Å². The highest BCUT2D eigenvalue weighted by Crippen LogP contribution is 2.42. The average molecular weight is 255 g/mol. The molecule has 2 rings (SSSR count). The van der Waals surface area contributed by atoms with Crippen molar-refractivity contribution in [3.05, 3.63) is 0 Å². The molecule has 0 atom stereocenters. The summed E-state index contributed by atoms with van der Waals surface area (Å²) in [6.45, 7) is 3.69. The lowest BCUT2D eigenvalue weighted by molar-refractivity contribution is -0.160. The summed E-state index contributed by atoms with van der Waals surface area (Å²) in [7, 11) is 3.62. The molecule has 0 bridgehead atoms. The van der Waals surface area contributed by atoms with E-state index in [9.17, 15) is 4.79 Å². The number of rotatable bonds is 5. The van der Waals surface area contributed by atoms with Crippen LogP contribution in [0.2, 0.25) is 0 Å². The molecule has 0 aromatic heterocycles. The second-order valence-corrected chi connectivity index (χ2v) is 5.88. The SMILES string of the molecule is COC(=O)C1(CN(C)CC2CCOCC2)CCC1. The summed E-state index contributed by atoms with van der Waals surface area (Å²) in [5.41, 5.74) is -0.214. The van der Waals surface area contributed by atoms with Crippen molar-refractivity contribution < 1.29 is 14.3 Å². The van der Waals surface area contributed by atoms with Gasteiger partial charge in [0.2, 0.25) is 0 Å². The molecule has 18 heavy (non-hydrogen) atoms. The first-order valence-corrected chi connectivity index (χ1v) is 7.01. The lowest BCUT2D eigenvalue weighted by Gasteiger charge is -2.42. The molecule has 4 heteroatoms. The van der Waals surface area contributed by atoms with Gasteiger partial charge in [-0.25, -0.2) is 0 Å². The van der Waals surface area contributed by atoms with Crippen LogP contribution in [0.3, 0.4) is 0 Å². The third kappa shape index (κ3) is 3.04. The molecule has 1 aliphatic carbocycles. The van der Waals surface area contributed by atoms with Gasteiger partial charge in [0.25, 0.3) is 0 Å². The Morgan fingerprint density at radius 1 is 1.39 bits per heavy atom. The lowest BCUT2D eigenvalue weighted by Crippen LogP contribution is -2.48. The normalized spacial score (nSPS) is 23.7. The predicted octanol–water partition coefficient (Wildman–Crippen LogP) is 1.69. The van der Waals surface area contributed by atoms with Crippen LogP contribution in [0, 0.1) is 11.3 Å². The van der Waals surface area contributed by atoms with Gasteiger partial charge in [-0.3, -0.25) is 4.79 Å². The summed E-state index contributed by atoms with van der Waals surface area (Å²) in [5.74, 6) is 0.700. The topological polar surface area (TPSA) is 38.8 Å². The summed E-state index contributed by atoms with van der Waals surface area (Å²) in [6, 6.07) is 0. The maximum Gasteiger partial charge on any atom is 0.313 e. The van der Waals surface area contributed by atoms with E-state index in [1.807, 2.05) is 0 Å². The molecular weight excluding hydrogens is 230 g/mol. The van der Waals surface area contributed by atoms with Gasteiger partial charge >= 0.3 is 5.97 Å². The van der Waals surface area contributed by atoms with Crippen molar-refractivity contribution in [3.63, 3.8) is 0 Å². The van der Waals surface area contributed by atoms with E-state index in [1.54, 1.807) is 0 Å². The van der Waals surface area contributed by atoms with Gasteiger partial charge < -0.3 is 14.4 Å². The number of carbonyl (C=O) groups is 1. The van der Waals surface area contributed by atoms with Crippen molar-refractivity contribution in [2.45, 2.75) is 32.1 Å². The van der Waals surface area contributed by atoms with E-state index in [0.717, 1.165) is 64.3 Å². The smallest absolute Gasteiger partial charge is 0.313 e. The van der Waals surface area contributed by atoms with Gasteiger partial charge in [-0.15, -0.1) is 0 Å². The Labute approximate surface area is 110 Å². The van der Waals surface area contributed by atoms with E-state index in [4.69, 9.17) is 9.47 Å². The first kappa shape index (κ1) is 13.8. The van der Waals surface area contributed by atoms with Crippen LogP contribution in [-0.2, 0) is 14.3 Å². The Morgan fingerprint density at radius 2 is 2.06 bits per heavy atom. The molecule has 0 radical (unpaired) electrons. The van der Waals surface area contributed by atoms with Crippen molar-refractivity contribution in [2.75, 3.05) is 40.5 Å². The van der Waals surface area contributed by atoms with Gasteiger partial charge in [0.15, 0.2) is 0 Å². The predicted molar refractivity (Wildman–Crippen MR) is 69.3 cm³/mol. The Bertz CT molecular complexity index is 283. The second-order valence-electron chi connectivity index (χ2n) is 5.88. The van der Waals surface area contributed by atoms with Gasteiger partial charge in [0.1, 0.15) is 0 Å². The van der Waals surface area contributed by atoms with Crippen LogP contribution in [0.15, 0.2) is 0 Å². The summed E-state index contributed by atoms with van der Waals surface area (Å²) in [4.78, 5) is 14.2. The van der Waals surface area contributed by atoms with Crippen molar-refractivity contribution in [1.82, 2.24) is 4.90 Å². The van der Waals surface area contributed by atoms with Crippen molar-refractivity contribution in [3.8, 4) is 0 Å². The van der Waals surface area contributed by atoms with E-state index in [-0.39, 0.29) is 11.4 Å². The van der Waals surface area contributed by atoms with E-state index < -0.39 is 0 Å². The number of nitrogens with zero attached hydrogens (tertiary/aromatic N) is 1. The highest BCUT2D eigenvalue weighted by molar-refractivity contribution is 5.78. The van der Waals surface area contributed by atoms with Gasteiger partial charge in [0.05, 0.1) is 12.5 Å². The van der Waals surface area contributed by atoms with E-state index in [0.29, 0.717) is 0 Å². The molecule has 0 N–H and O–H groups in total. The Kier molecular flexibility index (Phi) is 4.62. The number of methoxy groups -OCH3 is 1. The zero-order valence-electron chi connectivity index (χ0n) is 11.6. The molecule has 2 aliphatic rings. The monoisotopic (exact) mass is 255 g/mol. The van der Waals surface area contributed by atoms with Crippen molar-refractivity contribution in [1.29, 1.82) is 0 Å². The average Bonchev–Trinajstić information content (AvgIpc) is 2.34. The number of hydrogen-bond donors (Lipinski definition) is 0. The fourth-order valence-corrected chi connectivity index (χ4v) is 3.20. The minimum Gasteiger partial charge on any atom is -0.469 e. The third-order valence-corrected chi connectivity index (χ3v) is 4.41. The zero-order valence-corrected chi connectivity index (χ0v) is 11.6. The number of carbonyl (C=O) groups excluding carboxylic acids is 1. The Balaban J connectivity index is 1.81. The van der Waals surface area contributed by atoms with Crippen LogP contribution >= 0.6 is 0 Å². The summed E-state index contributed by atoms with van der Waals surface area (Å²) >= 11 is 0. The highest BCUT2D eigenvalue weighted by Gasteiger charge is 2.45. The van der Waals surface area contributed by atoms with E-state index in [2.05, 4.69) is 11.9 Å². The molecule has 0 spiro atoms. The number of hydrogen-bond acceptors (Lipinski definition) is 4. The van der Waals surface area contributed by atoms with Crippen LogP contribution < -0.4 is 0 Å². The first-order chi connectivity index (χ1) is 8.66. The Hall–Kier alpha value is -0.610. The van der Waals surface area contributed by atoms with Crippen LogP contribution in [0.4, 0.5) is 0 Å². The lowest BCUT2D eigenvalue weighted by atomic mass is 9.68. The van der Waals surface area contributed by atoms with Gasteiger partial charge in [0, 0.05) is 26.3 Å². The molecule has 1 saturated carbocycles. The minimum atomic E-state index is -0.214. The number of ether oxygens (including phenoxy) is 2. The third-order valence-electron chi connectivity index (χ3n) is 4.41. The minimum absolute atomic E-state index is 0.0208. The van der Waals surface area contributed by atoms with E-state index in [1.165, 1.54) is 7.11 Å². The summed E-state index contributed by atoms with van der Waals surface area (Å²) in [6.07, 6.45) is 5.42. The second kappa shape index (κ2) is 6.02. The largest absolute Gasteiger partial charge is 0.469 e. The molecule has 4 nitrogen and oxygen atoms in total. The maximum atomic E-state index is 11.9.